The van der Waals surface area contributed by atoms with Crippen molar-refractivity contribution in [2.45, 2.75) is 98.1 Å². The van der Waals surface area contributed by atoms with Crippen molar-refractivity contribution in [3.63, 3.8) is 0 Å². The van der Waals surface area contributed by atoms with Crippen molar-refractivity contribution >= 4 is 51.7 Å². The fourth-order valence-electron chi connectivity index (χ4n) is 6.94. The number of nitrogens with one attached hydrogen (secondary N) is 2. The summed E-state index contributed by atoms with van der Waals surface area (Å²) in [5.74, 6) is -2.26. The lowest BCUT2D eigenvalue weighted by Gasteiger charge is -2.33. The first-order valence-electron chi connectivity index (χ1n) is 19.0. The van der Waals surface area contributed by atoms with Gasteiger partial charge in [-0.2, -0.15) is 0 Å². The fourth-order valence-corrected chi connectivity index (χ4v) is 8.23. The van der Waals surface area contributed by atoms with Crippen LogP contribution in [-0.2, 0) is 46.6 Å². The number of carboxylic acids is 1. The molecule has 0 atom stereocenters. The first-order valence-corrected chi connectivity index (χ1v) is 19.8. The quantitative estimate of drug-likeness (QED) is 0.0969. The molecule has 0 radical (unpaired) electrons. The summed E-state index contributed by atoms with van der Waals surface area (Å²) in [5.41, 5.74) is 4.79. The second-order valence-corrected chi connectivity index (χ2v) is 15.9. The summed E-state index contributed by atoms with van der Waals surface area (Å²) < 4.78 is 4.78. The molecule has 1 aliphatic carbocycles. The maximum atomic E-state index is 13.9. The van der Waals surface area contributed by atoms with Crippen LogP contribution in [0.5, 0.6) is 0 Å². The molecule has 1 aromatic heterocycles. The van der Waals surface area contributed by atoms with Gasteiger partial charge in [0.2, 0.25) is 5.91 Å². The average molecular weight is 766 g/mol. The van der Waals surface area contributed by atoms with E-state index in [2.05, 4.69) is 10.6 Å². The van der Waals surface area contributed by atoms with Gasteiger partial charge in [0.25, 0.3) is 11.8 Å². The molecule has 0 bridgehead atoms. The van der Waals surface area contributed by atoms with Gasteiger partial charge in [0.05, 0.1) is 23.7 Å². The molecule has 3 N–H and O–H groups in total. The van der Waals surface area contributed by atoms with Crippen LogP contribution in [0.2, 0.25) is 0 Å². The molecule has 0 spiro atoms. The van der Waals surface area contributed by atoms with Crippen molar-refractivity contribution in [1.82, 2.24) is 4.90 Å². The van der Waals surface area contributed by atoms with Crippen molar-refractivity contribution in [2.75, 3.05) is 17.7 Å². The van der Waals surface area contributed by atoms with Gasteiger partial charge in [-0.25, -0.2) is 4.79 Å². The number of aliphatic carboxylic acids is 1. The predicted molar refractivity (Wildman–Crippen MR) is 216 cm³/mol. The molecular weight excluding hydrogens is 715 g/mol. The predicted octanol–water partition coefficient (Wildman–Crippen LogP) is 8.72. The first-order chi connectivity index (χ1) is 26.3. The minimum atomic E-state index is -1.21. The molecule has 55 heavy (non-hydrogen) atoms. The topological polar surface area (TPSA) is 142 Å². The number of aryl methyl sites for hydroxylation is 3. The molecule has 0 aliphatic heterocycles. The van der Waals surface area contributed by atoms with Crippen molar-refractivity contribution < 1.29 is 33.8 Å². The van der Waals surface area contributed by atoms with Gasteiger partial charge >= 0.3 is 11.9 Å². The molecule has 10 nitrogen and oxygen atoms in total. The Morgan fingerprint density at radius 2 is 1.45 bits per heavy atom. The molecule has 1 heterocycles. The molecule has 4 aromatic rings. The van der Waals surface area contributed by atoms with Crippen LogP contribution in [0.1, 0.15) is 118 Å². The molecule has 0 saturated heterocycles. The largest absolute Gasteiger partial charge is 0.481 e. The minimum Gasteiger partial charge on any atom is -0.481 e. The zero-order valence-corrected chi connectivity index (χ0v) is 33.1. The molecule has 3 aromatic carbocycles. The molecule has 290 valence electrons. The van der Waals surface area contributed by atoms with E-state index in [1.165, 1.54) is 18.4 Å². The summed E-state index contributed by atoms with van der Waals surface area (Å²) in [5, 5.41) is 16.3. The fraction of sp³-hybridized carbons (Fsp3) is 0.386. The standard InChI is InChI=1S/C44H51N3O7S/c1-6-34(7-2)47(37(48)26-44(3,4)43(52)53)27-30-11-10-12-32(25-30)39(49)46-41-38(35-13-8-9-14-36(35)55-41)40(50)45-33-23-19-29(20-24-33)16-15-28-17-21-31(22-18-28)42(51)54-5/h10-12,17-25,34H,6-9,13-16,26-27H2,1-5H3,(H,45,50)(H,46,49)(H,52,53). The van der Waals surface area contributed by atoms with Crippen molar-refractivity contribution in [3.8, 4) is 0 Å². The highest BCUT2D eigenvalue weighted by Crippen LogP contribution is 2.39. The number of ether oxygens (including phenoxy) is 1. The van der Waals surface area contributed by atoms with Crippen LogP contribution in [-0.4, -0.2) is 52.8 Å². The van der Waals surface area contributed by atoms with Gasteiger partial charge in [-0.05, 0) is 124 Å². The smallest absolute Gasteiger partial charge is 0.337 e. The Kier molecular flexibility index (Phi) is 13.6. The van der Waals surface area contributed by atoms with Gasteiger partial charge in [-0.3, -0.25) is 19.2 Å². The Bertz CT molecular complexity index is 2010. The zero-order chi connectivity index (χ0) is 39.7. The summed E-state index contributed by atoms with van der Waals surface area (Å²) in [4.78, 5) is 67.6. The number of carbonyl (C=O) groups is 5. The highest BCUT2D eigenvalue weighted by atomic mass is 32.1. The molecule has 11 heteroatoms. The third-order valence-corrected chi connectivity index (χ3v) is 11.5. The van der Waals surface area contributed by atoms with Crippen LogP contribution < -0.4 is 10.6 Å². The van der Waals surface area contributed by atoms with E-state index in [0.29, 0.717) is 40.2 Å². The maximum absolute atomic E-state index is 13.9. The van der Waals surface area contributed by atoms with E-state index in [1.54, 1.807) is 49.1 Å². The highest BCUT2D eigenvalue weighted by molar-refractivity contribution is 7.17. The molecule has 5 rings (SSSR count). The maximum Gasteiger partial charge on any atom is 0.337 e. The molecule has 0 saturated carbocycles. The van der Waals surface area contributed by atoms with E-state index < -0.39 is 11.4 Å². The van der Waals surface area contributed by atoms with Crippen LogP contribution in [0.15, 0.2) is 72.8 Å². The summed E-state index contributed by atoms with van der Waals surface area (Å²) in [6, 6.07) is 22.1. The van der Waals surface area contributed by atoms with Gasteiger partial charge < -0.3 is 25.4 Å². The number of fused-ring (bicyclic) bond motifs is 1. The van der Waals surface area contributed by atoms with Gasteiger partial charge in [0.1, 0.15) is 5.00 Å². The summed E-state index contributed by atoms with van der Waals surface area (Å²) in [6.45, 7) is 7.35. The number of methoxy groups -OCH3 is 1. The minimum absolute atomic E-state index is 0.0807. The SMILES string of the molecule is CCC(CC)N(Cc1cccc(C(=O)Nc2sc3c(c2C(=O)Nc2ccc(CCc4ccc(C(=O)OC)cc4)cc2)CCCC3)c1)C(=O)CC(C)(C)C(=O)O. The Morgan fingerprint density at radius 3 is 2.07 bits per heavy atom. The molecule has 3 amide bonds. The first kappa shape index (κ1) is 40.9. The van der Waals surface area contributed by atoms with E-state index in [-0.39, 0.29) is 42.7 Å². The van der Waals surface area contributed by atoms with Crippen molar-refractivity contribution in [2.24, 2.45) is 5.41 Å². The average Bonchev–Trinajstić information content (AvgIpc) is 3.55. The van der Waals surface area contributed by atoms with Crippen LogP contribution in [0, 0.1) is 5.41 Å². The second-order valence-electron chi connectivity index (χ2n) is 14.8. The number of hydrogen-bond donors (Lipinski definition) is 3. The number of carbonyl (C=O) groups excluding carboxylic acids is 4. The zero-order valence-electron chi connectivity index (χ0n) is 32.3. The number of rotatable bonds is 16. The number of carboxylic acid groups (broad SMARTS) is 1. The highest BCUT2D eigenvalue weighted by Gasteiger charge is 2.34. The molecule has 0 fully saturated rings. The van der Waals surface area contributed by atoms with Crippen LogP contribution >= 0.6 is 11.3 Å². The number of esters is 1. The third-order valence-electron chi connectivity index (χ3n) is 10.3. The lowest BCUT2D eigenvalue weighted by atomic mass is 9.88. The Morgan fingerprint density at radius 1 is 0.818 bits per heavy atom. The van der Waals surface area contributed by atoms with Crippen LogP contribution in [0.3, 0.4) is 0 Å². The number of benzene rings is 3. The second kappa shape index (κ2) is 18.4. The molecular formula is C44H51N3O7S. The molecule has 0 unspecified atom stereocenters. The Balaban J connectivity index is 1.28. The normalized spacial score (nSPS) is 12.5. The van der Waals surface area contributed by atoms with Gasteiger partial charge in [0.15, 0.2) is 0 Å². The van der Waals surface area contributed by atoms with E-state index in [9.17, 15) is 29.1 Å². The third kappa shape index (κ3) is 10.3. The number of hydrogen-bond acceptors (Lipinski definition) is 7. The number of thiophene rings is 1. The Labute approximate surface area is 327 Å². The van der Waals surface area contributed by atoms with Gasteiger partial charge in [0, 0.05) is 35.1 Å². The summed E-state index contributed by atoms with van der Waals surface area (Å²) >= 11 is 1.45. The number of amides is 3. The van der Waals surface area contributed by atoms with E-state index >= 15 is 0 Å². The molecule has 1 aliphatic rings. The van der Waals surface area contributed by atoms with E-state index in [0.717, 1.165) is 65.7 Å². The van der Waals surface area contributed by atoms with Crippen LogP contribution in [0.25, 0.3) is 0 Å². The summed E-state index contributed by atoms with van der Waals surface area (Å²) in [6.07, 6.45) is 6.48. The Hall–Kier alpha value is -5.29. The van der Waals surface area contributed by atoms with Crippen LogP contribution in [0.4, 0.5) is 10.7 Å². The monoisotopic (exact) mass is 765 g/mol. The van der Waals surface area contributed by atoms with Crippen molar-refractivity contribution in [1.29, 1.82) is 0 Å². The number of nitrogens with zero attached hydrogens (tertiary/aromatic N) is 1. The lowest BCUT2D eigenvalue weighted by Crippen LogP contribution is -2.42. The van der Waals surface area contributed by atoms with Gasteiger partial charge in [-0.1, -0.05) is 50.2 Å². The van der Waals surface area contributed by atoms with Crippen molar-refractivity contribution in [3.05, 3.63) is 117 Å². The van der Waals surface area contributed by atoms with E-state index in [1.807, 2.05) is 56.3 Å². The van der Waals surface area contributed by atoms with E-state index in [4.69, 9.17) is 4.74 Å². The number of anilines is 2. The lowest BCUT2D eigenvalue weighted by molar-refractivity contribution is -0.152. The summed E-state index contributed by atoms with van der Waals surface area (Å²) in [7, 11) is 1.36. The van der Waals surface area contributed by atoms with Gasteiger partial charge in [-0.15, -0.1) is 11.3 Å².